The van der Waals surface area contributed by atoms with Gasteiger partial charge in [0.15, 0.2) is 11.5 Å². The highest BCUT2D eigenvalue weighted by atomic mass is 32.2. The van der Waals surface area contributed by atoms with Gasteiger partial charge in [-0.2, -0.15) is 4.31 Å². The number of aromatic nitrogens is 1. The predicted molar refractivity (Wildman–Crippen MR) is 86.6 cm³/mol. The van der Waals surface area contributed by atoms with E-state index < -0.39 is 16.1 Å². The van der Waals surface area contributed by atoms with Crippen LogP contribution in [0.4, 0.5) is 5.69 Å². The number of sulfonamides is 1. The first-order valence-electron chi connectivity index (χ1n) is 7.49. The summed E-state index contributed by atoms with van der Waals surface area (Å²) in [5, 5.41) is 2.79. The van der Waals surface area contributed by atoms with Gasteiger partial charge < -0.3 is 9.73 Å². The van der Waals surface area contributed by atoms with Crippen LogP contribution in [0, 0.1) is 6.92 Å². The standard InChI is InChI=1S/C15H19N3O4S/c1-10-16-12-9-11(6-7-14(12)22-10)17-15(19)13-5-3-4-8-18(13)23(2,20)21/h6-7,9,13H,3-5,8H2,1-2H3,(H,17,19). The number of hydrogen-bond donors (Lipinski definition) is 1. The minimum Gasteiger partial charge on any atom is -0.441 e. The summed E-state index contributed by atoms with van der Waals surface area (Å²) in [6.07, 6.45) is 3.29. The van der Waals surface area contributed by atoms with E-state index >= 15 is 0 Å². The van der Waals surface area contributed by atoms with Gasteiger partial charge in [-0.15, -0.1) is 0 Å². The second-order valence-electron chi connectivity index (χ2n) is 5.79. The van der Waals surface area contributed by atoms with Crippen molar-refractivity contribution < 1.29 is 17.6 Å². The zero-order valence-corrected chi connectivity index (χ0v) is 13.9. The van der Waals surface area contributed by atoms with Crippen LogP contribution in [0.3, 0.4) is 0 Å². The average Bonchev–Trinajstić information content (AvgIpc) is 2.85. The quantitative estimate of drug-likeness (QED) is 0.923. The third kappa shape index (κ3) is 3.37. The third-order valence-electron chi connectivity index (χ3n) is 3.94. The van der Waals surface area contributed by atoms with E-state index in [-0.39, 0.29) is 5.91 Å². The molecule has 1 aromatic carbocycles. The molecule has 2 heterocycles. The smallest absolute Gasteiger partial charge is 0.242 e. The van der Waals surface area contributed by atoms with Crippen LogP contribution in [-0.4, -0.2) is 42.5 Å². The predicted octanol–water partition coefficient (Wildman–Crippen LogP) is 1.89. The summed E-state index contributed by atoms with van der Waals surface area (Å²) in [6, 6.07) is 4.52. The SMILES string of the molecule is Cc1nc2cc(NC(=O)C3CCCCN3S(C)(=O)=O)ccc2o1. The number of piperidine rings is 1. The molecule has 0 saturated carbocycles. The van der Waals surface area contributed by atoms with Crippen LogP contribution in [0.15, 0.2) is 22.6 Å². The second kappa shape index (κ2) is 5.93. The molecule has 1 atom stereocenters. The van der Waals surface area contributed by atoms with Gasteiger partial charge in [-0.3, -0.25) is 4.79 Å². The van der Waals surface area contributed by atoms with Crippen LogP contribution in [-0.2, 0) is 14.8 Å². The van der Waals surface area contributed by atoms with Crippen molar-refractivity contribution in [1.29, 1.82) is 0 Å². The van der Waals surface area contributed by atoms with Gasteiger partial charge in [0, 0.05) is 19.2 Å². The lowest BCUT2D eigenvalue weighted by Crippen LogP contribution is -2.49. The van der Waals surface area contributed by atoms with E-state index in [0.29, 0.717) is 35.6 Å². The van der Waals surface area contributed by atoms with Crippen LogP contribution in [0.5, 0.6) is 0 Å². The molecule has 0 aliphatic carbocycles. The largest absolute Gasteiger partial charge is 0.441 e. The molecule has 1 fully saturated rings. The van der Waals surface area contributed by atoms with Crippen molar-refractivity contribution in [1.82, 2.24) is 9.29 Å². The third-order valence-corrected chi connectivity index (χ3v) is 5.23. The Morgan fingerprint density at radius 2 is 2.17 bits per heavy atom. The maximum atomic E-state index is 12.5. The molecule has 1 N–H and O–H groups in total. The van der Waals surface area contributed by atoms with Crippen LogP contribution in [0.25, 0.3) is 11.1 Å². The van der Waals surface area contributed by atoms with Crippen molar-refractivity contribution in [2.75, 3.05) is 18.1 Å². The normalized spacial score (nSPS) is 19.8. The molecule has 1 saturated heterocycles. The van der Waals surface area contributed by atoms with Crippen molar-refractivity contribution in [3.8, 4) is 0 Å². The topological polar surface area (TPSA) is 92.5 Å². The number of rotatable bonds is 3. The summed E-state index contributed by atoms with van der Waals surface area (Å²) < 4.78 is 30.4. The molecule has 124 valence electrons. The van der Waals surface area contributed by atoms with E-state index in [9.17, 15) is 13.2 Å². The summed E-state index contributed by atoms with van der Waals surface area (Å²) in [7, 11) is -3.40. The molecule has 0 spiro atoms. The van der Waals surface area contributed by atoms with Gasteiger partial charge in [0.1, 0.15) is 11.6 Å². The van der Waals surface area contributed by atoms with E-state index in [1.54, 1.807) is 25.1 Å². The molecule has 1 unspecified atom stereocenters. The lowest BCUT2D eigenvalue weighted by atomic mass is 10.0. The van der Waals surface area contributed by atoms with E-state index in [1.165, 1.54) is 4.31 Å². The van der Waals surface area contributed by atoms with Crippen molar-refractivity contribution >= 4 is 32.7 Å². The van der Waals surface area contributed by atoms with E-state index in [2.05, 4.69) is 10.3 Å². The molecule has 0 radical (unpaired) electrons. The number of oxazole rings is 1. The number of hydrogen-bond acceptors (Lipinski definition) is 5. The van der Waals surface area contributed by atoms with Crippen LogP contribution < -0.4 is 5.32 Å². The monoisotopic (exact) mass is 337 g/mol. The number of amides is 1. The highest BCUT2D eigenvalue weighted by molar-refractivity contribution is 7.88. The maximum Gasteiger partial charge on any atom is 0.242 e. The average molecular weight is 337 g/mol. The molecule has 8 heteroatoms. The number of anilines is 1. The molecule has 1 aromatic heterocycles. The summed E-state index contributed by atoms with van der Waals surface area (Å²) in [5.74, 6) is 0.244. The van der Waals surface area contributed by atoms with Gasteiger partial charge in [0.05, 0.1) is 6.26 Å². The molecule has 1 amide bonds. The Morgan fingerprint density at radius 1 is 1.39 bits per heavy atom. The zero-order chi connectivity index (χ0) is 16.6. The van der Waals surface area contributed by atoms with Gasteiger partial charge in [-0.1, -0.05) is 6.42 Å². The maximum absolute atomic E-state index is 12.5. The van der Waals surface area contributed by atoms with E-state index in [1.807, 2.05) is 0 Å². The van der Waals surface area contributed by atoms with Crippen LogP contribution in [0.1, 0.15) is 25.2 Å². The summed E-state index contributed by atoms with van der Waals surface area (Å²) in [5.41, 5.74) is 1.88. The highest BCUT2D eigenvalue weighted by Crippen LogP contribution is 2.23. The molecule has 7 nitrogen and oxygen atoms in total. The number of carbonyl (C=O) groups excluding carboxylic acids is 1. The van der Waals surface area contributed by atoms with Crippen LogP contribution in [0.2, 0.25) is 0 Å². The van der Waals surface area contributed by atoms with Crippen LogP contribution >= 0.6 is 0 Å². The number of nitrogens with zero attached hydrogens (tertiary/aromatic N) is 2. The Labute approximate surface area is 134 Å². The lowest BCUT2D eigenvalue weighted by molar-refractivity contribution is -0.120. The first-order valence-corrected chi connectivity index (χ1v) is 9.34. The number of aryl methyl sites for hydroxylation is 1. The Bertz CT molecular complexity index is 844. The fourth-order valence-corrected chi connectivity index (χ4v) is 4.03. The summed E-state index contributed by atoms with van der Waals surface area (Å²) >= 11 is 0. The molecule has 1 aliphatic rings. The van der Waals surface area contributed by atoms with Crippen molar-refractivity contribution in [3.63, 3.8) is 0 Å². The number of carbonyl (C=O) groups is 1. The first-order chi connectivity index (χ1) is 10.8. The van der Waals surface area contributed by atoms with Gasteiger partial charge in [-0.25, -0.2) is 13.4 Å². The minimum atomic E-state index is -3.40. The fraction of sp³-hybridized carbons (Fsp3) is 0.467. The van der Waals surface area contributed by atoms with Gasteiger partial charge in [0.25, 0.3) is 0 Å². The fourth-order valence-electron chi connectivity index (χ4n) is 2.91. The Balaban J connectivity index is 1.81. The van der Waals surface area contributed by atoms with E-state index in [4.69, 9.17) is 4.42 Å². The first kappa shape index (κ1) is 15.9. The van der Waals surface area contributed by atoms with Crippen molar-refractivity contribution in [3.05, 3.63) is 24.1 Å². The molecule has 1 aliphatic heterocycles. The number of nitrogens with one attached hydrogen (secondary N) is 1. The second-order valence-corrected chi connectivity index (χ2v) is 7.72. The Kier molecular flexibility index (Phi) is 4.11. The van der Waals surface area contributed by atoms with Gasteiger partial charge in [-0.05, 0) is 31.0 Å². The molecule has 0 bridgehead atoms. The number of benzene rings is 1. The van der Waals surface area contributed by atoms with Crippen molar-refractivity contribution in [2.45, 2.75) is 32.2 Å². The minimum absolute atomic E-state index is 0.310. The van der Waals surface area contributed by atoms with Crippen molar-refractivity contribution in [2.24, 2.45) is 0 Å². The summed E-state index contributed by atoms with van der Waals surface area (Å²) in [6.45, 7) is 2.14. The zero-order valence-electron chi connectivity index (χ0n) is 13.1. The molecular formula is C15H19N3O4S. The van der Waals surface area contributed by atoms with Gasteiger partial charge >= 0.3 is 0 Å². The Morgan fingerprint density at radius 3 is 2.91 bits per heavy atom. The van der Waals surface area contributed by atoms with E-state index in [0.717, 1.165) is 19.1 Å². The molecule has 23 heavy (non-hydrogen) atoms. The van der Waals surface area contributed by atoms with Gasteiger partial charge in [0.2, 0.25) is 15.9 Å². The molecule has 3 rings (SSSR count). The lowest BCUT2D eigenvalue weighted by Gasteiger charge is -2.32. The molecule has 2 aromatic rings. The summed E-state index contributed by atoms with van der Waals surface area (Å²) in [4.78, 5) is 16.7. The number of fused-ring (bicyclic) bond motifs is 1. The molecular weight excluding hydrogens is 318 g/mol. The highest BCUT2D eigenvalue weighted by Gasteiger charge is 2.34. The Hall–Kier alpha value is -1.93.